The third-order valence-electron chi connectivity index (χ3n) is 4.58. The Morgan fingerprint density at radius 1 is 0.900 bits per heavy atom. The van der Waals surface area contributed by atoms with E-state index in [1.54, 1.807) is 24.3 Å². The molecule has 0 radical (unpaired) electrons. The van der Waals surface area contributed by atoms with Crippen molar-refractivity contribution in [2.45, 2.75) is 11.8 Å². The van der Waals surface area contributed by atoms with Gasteiger partial charge in [0.2, 0.25) is 5.91 Å². The average Bonchev–Trinajstić information content (AvgIpc) is 2.74. The maximum atomic E-state index is 13.0. The second kappa shape index (κ2) is 8.38. The smallest absolute Gasteiger partial charge is 0.264 e. The number of hydrogen-bond donors (Lipinski definition) is 2. The first-order valence-corrected chi connectivity index (χ1v) is 10.5. The number of carbonyl (C=O) groups excluding carboxylic acids is 2. The zero-order valence-electron chi connectivity index (χ0n) is 16.5. The Bertz CT molecular complexity index is 1190. The quantitative estimate of drug-likeness (QED) is 0.634. The van der Waals surface area contributed by atoms with E-state index in [-0.39, 0.29) is 10.5 Å². The highest BCUT2D eigenvalue weighted by molar-refractivity contribution is 7.92. The lowest BCUT2D eigenvalue weighted by molar-refractivity contribution is 0.0998. The Morgan fingerprint density at radius 3 is 2.13 bits per heavy atom. The van der Waals surface area contributed by atoms with E-state index in [0.717, 1.165) is 5.56 Å². The molecule has 154 valence electrons. The molecule has 2 amide bonds. The Balaban J connectivity index is 1.83. The maximum absolute atomic E-state index is 13.0. The van der Waals surface area contributed by atoms with Crippen LogP contribution >= 0.6 is 0 Å². The minimum absolute atomic E-state index is 0.00213. The van der Waals surface area contributed by atoms with Gasteiger partial charge in [0, 0.05) is 23.9 Å². The van der Waals surface area contributed by atoms with Crippen molar-refractivity contribution in [2.75, 3.05) is 16.7 Å². The summed E-state index contributed by atoms with van der Waals surface area (Å²) in [5, 5.41) is 2.67. The molecule has 0 aromatic heterocycles. The molecule has 0 aliphatic rings. The fourth-order valence-corrected chi connectivity index (χ4v) is 4.01. The zero-order valence-corrected chi connectivity index (χ0v) is 17.3. The van der Waals surface area contributed by atoms with Gasteiger partial charge in [0.1, 0.15) is 0 Å². The van der Waals surface area contributed by atoms with Crippen LogP contribution in [0.4, 0.5) is 11.4 Å². The summed E-state index contributed by atoms with van der Waals surface area (Å²) in [6.45, 7) is 1.92. The van der Waals surface area contributed by atoms with Gasteiger partial charge in [0.15, 0.2) is 0 Å². The van der Waals surface area contributed by atoms with E-state index in [2.05, 4.69) is 5.32 Å². The standard InChI is InChI=1S/C22H21N3O4S/c1-15-6-12-19(13-7-15)25(2)30(28,29)20-5-3-4-17(14-20)22(27)24-18-10-8-16(9-11-18)21(23)26/h3-14H,1-2H3,(H2,23,26)(H,24,27). The lowest BCUT2D eigenvalue weighted by atomic mass is 10.2. The van der Waals surface area contributed by atoms with Crippen LogP contribution in [-0.2, 0) is 10.0 Å². The number of nitrogens with one attached hydrogen (secondary N) is 1. The SMILES string of the molecule is Cc1ccc(N(C)S(=O)(=O)c2cccc(C(=O)Nc3ccc(C(N)=O)cc3)c2)cc1. The molecule has 0 bridgehead atoms. The predicted molar refractivity (Wildman–Crippen MR) is 116 cm³/mol. The third-order valence-corrected chi connectivity index (χ3v) is 6.36. The van der Waals surface area contributed by atoms with Crippen molar-refractivity contribution in [1.29, 1.82) is 0 Å². The normalized spacial score (nSPS) is 11.0. The summed E-state index contributed by atoms with van der Waals surface area (Å²) < 4.78 is 27.2. The molecule has 0 saturated heterocycles. The maximum Gasteiger partial charge on any atom is 0.264 e. The van der Waals surface area contributed by atoms with Crippen molar-refractivity contribution < 1.29 is 18.0 Å². The van der Waals surface area contributed by atoms with Crippen molar-refractivity contribution in [3.63, 3.8) is 0 Å². The number of anilines is 2. The number of nitrogens with zero attached hydrogens (tertiary/aromatic N) is 1. The number of amides is 2. The summed E-state index contributed by atoms with van der Waals surface area (Å²) in [5.41, 5.74) is 7.70. The predicted octanol–water partition coefficient (Wildman–Crippen LogP) is 3.17. The molecule has 0 aliphatic carbocycles. The van der Waals surface area contributed by atoms with Crippen LogP contribution < -0.4 is 15.4 Å². The van der Waals surface area contributed by atoms with Crippen LogP contribution in [0.25, 0.3) is 0 Å². The summed E-state index contributed by atoms with van der Waals surface area (Å²) in [5.74, 6) is -1.04. The van der Waals surface area contributed by atoms with Crippen molar-refractivity contribution >= 4 is 33.2 Å². The van der Waals surface area contributed by atoms with Crippen LogP contribution in [0.5, 0.6) is 0 Å². The van der Waals surface area contributed by atoms with Crippen molar-refractivity contribution in [2.24, 2.45) is 5.73 Å². The van der Waals surface area contributed by atoms with Crippen molar-refractivity contribution in [3.05, 3.63) is 89.5 Å². The van der Waals surface area contributed by atoms with Crippen LogP contribution in [0.1, 0.15) is 26.3 Å². The molecule has 0 spiro atoms. The molecule has 3 N–H and O–H groups in total. The van der Waals surface area contributed by atoms with Crippen LogP contribution in [0.3, 0.4) is 0 Å². The van der Waals surface area contributed by atoms with Gasteiger partial charge in [-0.25, -0.2) is 8.42 Å². The number of carbonyl (C=O) groups is 2. The molecular formula is C22H21N3O4S. The highest BCUT2D eigenvalue weighted by atomic mass is 32.2. The lowest BCUT2D eigenvalue weighted by Gasteiger charge is -2.20. The Labute approximate surface area is 175 Å². The van der Waals surface area contributed by atoms with E-state index in [1.165, 1.54) is 47.8 Å². The third kappa shape index (κ3) is 4.49. The van der Waals surface area contributed by atoms with Crippen LogP contribution in [0.2, 0.25) is 0 Å². The Morgan fingerprint density at radius 2 is 1.53 bits per heavy atom. The molecule has 30 heavy (non-hydrogen) atoms. The summed E-state index contributed by atoms with van der Waals surface area (Å²) in [4.78, 5) is 23.7. The molecule has 0 aliphatic heterocycles. The van der Waals surface area contributed by atoms with Gasteiger partial charge < -0.3 is 11.1 Å². The molecule has 3 aromatic carbocycles. The van der Waals surface area contributed by atoms with Crippen molar-refractivity contribution in [3.8, 4) is 0 Å². The van der Waals surface area contributed by atoms with E-state index in [1.807, 2.05) is 19.1 Å². The number of benzene rings is 3. The Kier molecular flexibility index (Phi) is 5.89. The number of primary amides is 1. The van der Waals surface area contributed by atoms with E-state index in [4.69, 9.17) is 5.73 Å². The number of nitrogens with two attached hydrogens (primary N) is 1. The fraction of sp³-hybridized carbons (Fsp3) is 0.0909. The number of aryl methyl sites for hydroxylation is 1. The van der Waals surface area contributed by atoms with Crippen molar-refractivity contribution in [1.82, 2.24) is 0 Å². The van der Waals surface area contributed by atoms with Crippen LogP contribution in [0, 0.1) is 6.92 Å². The van der Waals surface area contributed by atoms with Gasteiger partial charge in [-0.15, -0.1) is 0 Å². The number of hydrogen-bond acceptors (Lipinski definition) is 4. The number of rotatable bonds is 6. The van der Waals surface area contributed by atoms with Gasteiger partial charge in [0.25, 0.3) is 15.9 Å². The second-order valence-electron chi connectivity index (χ2n) is 6.73. The molecule has 0 unspecified atom stereocenters. The van der Waals surface area contributed by atoms with Gasteiger partial charge >= 0.3 is 0 Å². The first-order chi connectivity index (χ1) is 14.2. The number of sulfonamides is 1. The average molecular weight is 423 g/mol. The summed E-state index contributed by atoms with van der Waals surface area (Å²) in [6.07, 6.45) is 0. The van der Waals surface area contributed by atoms with Gasteiger partial charge in [-0.05, 0) is 61.5 Å². The lowest BCUT2D eigenvalue weighted by Crippen LogP contribution is -2.26. The first-order valence-electron chi connectivity index (χ1n) is 9.05. The molecular weight excluding hydrogens is 402 g/mol. The summed E-state index contributed by atoms with van der Waals surface area (Å²) >= 11 is 0. The molecule has 0 saturated carbocycles. The van der Waals surface area contributed by atoms with Crippen LogP contribution in [0.15, 0.2) is 77.7 Å². The van der Waals surface area contributed by atoms with Gasteiger partial charge in [0.05, 0.1) is 10.6 Å². The first kappa shape index (κ1) is 21.1. The van der Waals surface area contributed by atoms with Gasteiger partial charge in [-0.1, -0.05) is 23.8 Å². The minimum atomic E-state index is -3.85. The summed E-state index contributed by atoms with van der Waals surface area (Å²) in [6, 6.07) is 19.0. The van der Waals surface area contributed by atoms with E-state index in [0.29, 0.717) is 16.9 Å². The fourth-order valence-electron chi connectivity index (χ4n) is 2.77. The highest BCUT2D eigenvalue weighted by Crippen LogP contribution is 2.23. The minimum Gasteiger partial charge on any atom is -0.366 e. The largest absolute Gasteiger partial charge is 0.366 e. The molecule has 3 aromatic rings. The zero-order chi connectivity index (χ0) is 21.9. The molecule has 8 heteroatoms. The van der Waals surface area contributed by atoms with Gasteiger partial charge in [-0.2, -0.15) is 0 Å². The molecule has 0 atom stereocenters. The van der Waals surface area contributed by atoms with Gasteiger partial charge in [-0.3, -0.25) is 13.9 Å². The van der Waals surface area contributed by atoms with Crippen LogP contribution in [-0.4, -0.2) is 27.3 Å². The topological polar surface area (TPSA) is 110 Å². The Hall–Kier alpha value is -3.65. The van der Waals surface area contributed by atoms with E-state index < -0.39 is 21.8 Å². The van der Waals surface area contributed by atoms with E-state index >= 15 is 0 Å². The summed E-state index contributed by atoms with van der Waals surface area (Å²) in [7, 11) is -2.38. The molecule has 3 rings (SSSR count). The second-order valence-corrected chi connectivity index (χ2v) is 8.70. The molecule has 0 fully saturated rings. The molecule has 0 heterocycles. The van der Waals surface area contributed by atoms with E-state index in [9.17, 15) is 18.0 Å². The monoisotopic (exact) mass is 423 g/mol. The molecule has 7 nitrogen and oxygen atoms in total. The highest BCUT2D eigenvalue weighted by Gasteiger charge is 2.22.